The number of ether oxygens (including phenoxy) is 1. The molecule has 0 saturated carbocycles. The standard InChI is InChI=1S/C38H42ClN5O4S2/c1-41-25(21-50-26-17-23-9-4-5-10-27(23)33(46)19-26)18-24(40)20-49-22-31-35(32-12-6-7-15-44(32)42-31)34-30(39)14-13-29-28(11-8-16-45)37(38(47)48-3)43(2)36(29)34/h4-5,9-10,13-14,17-19,40-41,45-46H,6-8,11-12,15-16,20-22H2,1-3H3/b25-18-,40-24?. The Morgan fingerprint density at radius 1 is 1.14 bits per heavy atom. The topological polar surface area (TPSA) is 125 Å². The molecule has 2 aromatic heterocycles. The molecule has 0 amide bonds. The van der Waals surface area contributed by atoms with Crippen LogP contribution in [0.2, 0.25) is 5.02 Å². The molecule has 6 rings (SSSR count). The van der Waals surface area contributed by atoms with Crippen molar-refractivity contribution in [2.45, 2.75) is 49.3 Å². The number of halogens is 1. The summed E-state index contributed by atoms with van der Waals surface area (Å²) in [6, 6.07) is 15.5. The summed E-state index contributed by atoms with van der Waals surface area (Å²) >= 11 is 10.3. The summed E-state index contributed by atoms with van der Waals surface area (Å²) < 4.78 is 9.18. The van der Waals surface area contributed by atoms with Crippen LogP contribution in [0.15, 0.2) is 65.2 Å². The van der Waals surface area contributed by atoms with Gasteiger partial charge in [0.1, 0.15) is 11.4 Å². The molecule has 4 N–H and O–H groups in total. The van der Waals surface area contributed by atoms with Crippen LogP contribution in [-0.2, 0) is 36.9 Å². The van der Waals surface area contributed by atoms with Gasteiger partial charge >= 0.3 is 5.97 Å². The highest BCUT2D eigenvalue weighted by atomic mass is 35.5. The molecule has 12 heteroatoms. The normalized spacial score (nSPS) is 13.2. The summed E-state index contributed by atoms with van der Waals surface area (Å²) in [7, 11) is 5.12. The molecule has 0 unspecified atom stereocenters. The number of carbonyl (C=O) groups excluding carboxylic acids is 1. The molecule has 3 heterocycles. The van der Waals surface area contributed by atoms with E-state index in [0.717, 1.165) is 86.2 Å². The molecule has 0 atom stereocenters. The van der Waals surface area contributed by atoms with Crippen LogP contribution >= 0.6 is 35.1 Å². The van der Waals surface area contributed by atoms with Gasteiger partial charge in [-0.05, 0) is 67.3 Å². The number of esters is 1. The molecule has 262 valence electrons. The Balaban J connectivity index is 1.25. The van der Waals surface area contributed by atoms with Crippen molar-refractivity contribution in [2.24, 2.45) is 7.05 Å². The summed E-state index contributed by atoms with van der Waals surface area (Å²) in [5.41, 5.74) is 7.49. The third kappa shape index (κ3) is 7.28. The number of fused-ring (bicyclic) bond motifs is 3. The molecule has 50 heavy (non-hydrogen) atoms. The highest BCUT2D eigenvalue weighted by Crippen LogP contribution is 2.44. The van der Waals surface area contributed by atoms with Gasteiger partial charge in [-0.1, -0.05) is 41.9 Å². The van der Waals surface area contributed by atoms with Gasteiger partial charge in [-0.25, -0.2) is 4.79 Å². The molecular formula is C38H42ClN5O4S2. The van der Waals surface area contributed by atoms with E-state index in [4.69, 9.17) is 26.8 Å². The number of phenols is 1. The quantitative estimate of drug-likeness (QED) is 0.0519. The average Bonchev–Trinajstić information content (AvgIpc) is 3.62. The van der Waals surface area contributed by atoms with Crippen LogP contribution in [0.1, 0.15) is 46.7 Å². The SMILES string of the molecule is CN/C(=C\C(=N)CSCc1nn2c(c1-c1c(Cl)ccc3c(CCCO)c(C(=O)OC)n(C)c13)CCCC2)CSc1cc(O)c2ccccc2c1. The van der Waals surface area contributed by atoms with Gasteiger partial charge in [0.15, 0.2) is 0 Å². The summed E-state index contributed by atoms with van der Waals surface area (Å²) in [6.07, 6.45) is 5.92. The lowest BCUT2D eigenvalue weighted by Gasteiger charge is -2.16. The van der Waals surface area contributed by atoms with E-state index < -0.39 is 5.97 Å². The predicted molar refractivity (Wildman–Crippen MR) is 206 cm³/mol. The van der Waals surface area contributed by atoms with Crippen LogP contribution in [0, 0.1) is 5.41 Å². The number of aliphatic hydroxyl groups is 1. The van der Waals surface area contributed by atoms with Gasteiger partial charge in [-0.15, -0.1) is 23.5 Å². The highest BCUT2D eigenvalue weighted by molar-refractivity contribution is 7.99. The zero-order valence-corrected chi connectivity index (χ0v) is 30.9. The monoisotopic (exact) mass is 731 g/mol. The van der Waals surface area contributed by atoms with Crippen LogP contribution in [0.5, 0.6) is 5.75 Å². The van der Waals surface area contributed by atoms with Gasteiger partial charge < -0.3 is 30.2 Å². The van der Waals surface area contributed by atoms with Crippen molar-refractivity contribution in [3.05, 3.63) is 88.0 Å². The Hall–Kier alpha value is -3.90. The Bertz CT molecular complexity index is 2100. The fraction of sp³-hybridized carbons (Fsp3) is 0.342. The zero-order valence-electron chi connectivity index (χ0n) is 28.5. The third-order valence-electron chi connectivity index (χ3n) is 9.16. The first-order chi connectivity index (χ1) is 24.2. The number of aliphatic hydroxyl groups excluding tert-OH is 1. The van der Waals surface area contributed by atoms with E-state index in [1.165, 1.54) is 7.11 Å². The van der Waals surface area contributed by atoms with Crippen molar-refractivity contribution in [3.8, 4) is 16.9 Å². The first-order valence-corrected chi connectivity index (χ1v) is 19.2. The van der Waals surface area contributed by atoms with Crippen LogP contribution in [0.3, 0.4) is 0 Å². The molecule has 0 saturated heterocycles. The lowest BCUT2D eigenvalue weighted by Crippen LogP contribution is -2.12. The minimum atomic E-state index is -0.423. The lowest BCUT2D eigenvalue weighted by molar-refractivity contribution is 0.0589. The molecule has 0 radical (unpaired) electrons. The second-order valence-electron chi connectivity index (χ2n) is 12.4. The van der Waals surface area contributed by atoms with Crippen LogP contribution < -0.4 is 5.32 Å². The summed E-state index contributed by atoms with van der Waals surface area (Å²) in [4.78, 5) is 14.0. The molecule has 0 bridgehead atoms. The number of allylic oxidation sites excluding steroid dienone is 1. The molecule has 0 spiro atoms. The number of methoxy groups -OCH3 is 1. The van der Waals surface area contributed by atoms with Gasteiger partial charge in [-0.2, -0.15) is 5.10 Å². The molecule has 0 fully saturated rings. The van der Waals surface area contributed by atoms with Crippen molar-refractivity contribution in [3.63, 3.8) is 0 Å². The molecule has 1 aliphatic rings. The summed E-state index contributed by atoms with van der Waals surface area (Å²) in [5, 5.41) is 40.5. The molecule has 3 aromatic carbocycles. The number of nitrogens with zero attached hydrogens (tertiary/aromatic N) is 3. The fourth-order valence-electron chi connectivity index (χ4n) is 6.84. The lowest BCUT2D eigenvalue weighted by atomic mass is 9.95. The number of hydrogen-bond donors (Lipinski definition) is 4. The number of nitrogens with one attached hydrogen (secondary N) is 2. The van der Waals surface area contributed by atoms with Crippen molar-refractivity contribution in [2.75, 3.05) is 32.3 Å². The first-order valence-electron chi connectivity index (χ1n) is 16.7. The number of carbonyl (C=O) groups is 1. The van der Waals surface area contributed by atoms with Crippen LogP contribution in [-0.4, -0.2) is 68.5 Å². The smallest absolute Gasteiger partial charge is 0.354 e. The largest absolute Gasteiger partial charge is 0.507 e. The minimum absolute atomic E-state index is 0.0174. The van der Waals surface area contributed by atoms with Gasteiger partial charge in [0, 0.05) is 88.4 Å². The van der Waals surface area contributed by atoms with Gasteiger partial charge in [0.2, 0.25) is 0 Å². The maximum atomic E-state index is 13.0. The molecule has 9 nitrogen and oxygen atoms in total. The molecule has 0 aliphatic carbocycles. The highest BCUT2D eigenvalue weighted by Gasteiger charge is 2.29. The Morgan fingerprint density at radius 3 is 2.74 bits per heavy atom. The van der Waals surface area contributed by atoms with E-state index in [0.29, 0.717) is 46.5 Å². The Morgan fingerprint density at radius 2 is 1.96 bits per heavy atom. The zero-order chi connectivity index (χ0) is 35.4. The third-order valence-corrected chi connectivity index (χ3v) is 11.5. The van der Waals surface area contributed by atoms with Crippen molar-refractivity contribution in [1.82, 2.24) is 19.7 Å². The van der Waals surface area contributed by atoms with Gasteiger partial charge in [0.25, 0.3) is 0 Å². The number of phenolic OH excluding ortho intramolecular Hbond substituents is 1. The number of thioether (sulfide) groups is 2. The summed E-state index contributed by atoms with van der Waals surface area (Å²) in [5.74, 6) is 1.55. The Labute approximate surface area is 305 Å². The number of aryl methyl sites for hydroxylation is 3. The minimum Gasteiger partial charge on any atom is -0.507 e. The second-order valence-corrected chi connectivity index (χ2v) is 14.8. The fourth-order valence-corrected chi connectivity index (χ4v) is 8.84. The first kappa shape index (κ1) is 35.9. The maximum absolute atomic E-state index is 13.0. The molecule has 1 aliphatic heterocycles. The predicted octanol–water partition coefficient (Wildman–Crippen LogP) is 7.75. The average molecular weight is 732 g/mol. The number of rotatable bonds is 14. The van der Waals surface area contributed by atoms with E-state index in [2.05, 4.69) is 16.1 Å². The van der Waals surface area contributed by atoms with Crippen molar-refractivity contribution in [1.29, 1.82) is 5.41 Å². The molecule has 5 aromatic rings. The van der Waals surface area contributed by atoms with E-state index in [1.807, 2.05) is 61.1 Å². The second kappa shape index (κ2) is 16.0. The van der Waals surface area contributed by atoms with E-state index in [-0.39, 0.29) is 12.4 Å². The number of hydrogen-bond acceptors (Lipinski definition) is 9. The number of aromatic hydroxyl groups is 1. The van der Waals surface area contributed by atoms with Gasteiger partial charge in [-0.3, -0.25) is 4.68 Å². The number of benzene rings is 3. The maximum Gasteiger partial charge on any atom is 0.354 e. The van der Waals surface area contributed by atoms with Crippen molar-refractivity contribution >= 4 is 68.5 Å². The van der Waals surface area contributed by atoms with Crippen molar-refractivity contribution < 1.29 is 19.7 Å². The summed E-state index contributed by atoms with van der Waals surface area (Å²) in [6.45, 7) is 0.850. The van der Waals surface area contributed by atoms with Crippen LogP contribution in [0.4, 0.5) is 0 Å². The van der Waals surface area contributed by atoms with E-state index >= 15 is 0 Å². The Kier molecular flexibility index (Phi) is 11.5. The molecular weight excluding hydrogens is 690 g/mol. The van der Waals surface area contributed by atoms with Crippen LogP contribution in [0.25, 0.3) is 32.8 Å². The number of aromatic nitrogens is 3. The van der Waals surface area contributed by atoms with E-state index in [9.17, 15) is 15.0 Å². The van der Waals surface area contributed by atoms with Gasteiger partial charge in [0.05, 0.1) is 23.3 Å². The van der Waals surface area contributed by atoms with E-state index in [1.54, 1.807) is 29.6 Å².